The van der Waals surface area contributed by atoms with Crippen molar-refractivity contribution in [3.8, 4) is 0 Å². The highest BCUT2D eigenvalue weighted by atomic mass is 19.1. The first kappa shape index (κ1) is 15.9. The molecule has 5 heteroatoms. The Labute approximate surface area is 152 Å². The summed E-state index contributed by atoms with van der Waals surface area (Å²) in [5.74, 6) is 3.47. The summed E-state index contributed by atoms with van der Waals surface area (Å²) in [6.07, 6.45) is 4.09. The zero-order chi connectivity index (χ0) is 17.7. The normalized spacial score (nSPS) is 24.9. The SMILES string of the molecule is Cn1c(CN2C[C@@H]3C(CCc4ccc(F)cc4)[C@@H]3C2)nc2ncccc21. The average Bonchev–Trinajstić information content (AvgIpc) is 2.98. The molecule has 134 valence electrons. The van der Waals surface area contributed by atoms with Crippen LogP contribution in [0, 0.1) is 23.6 Å². The quantitative estimate of drug-likeness (QED) is 0.707. The minimum absolute atomic E-state index is 0.148. The molecule has 3 atom stereocenters. The molecule has 1 saturated carbocycles. The van der Waals surface area contributed by atoms with Crippen LogP contribution in [0.15, 0.2) is 42.6 Å². The van der Waals surface area contributed by atoms with E-state index in [4.69, 9.17) is 4.98 Å². The molecule has 2 aliphatic rings. The highest BCUT2D eigenvalue weighted by Gasteiger charge is 2.54. The molecule has 2 fully saturated rings. The smallest absolute Gasteiger partial charge is 0.177 e. The predicted octanol–water partition coefficient (Wildman–Crippen LogP) is 3.42. The van der Waals surface area contributed by atoms with Crippen molar-refractivity contribution in [2.45, 2.75) is 19.4 Å². The van der Waals surface area contributed by atoms with Gasteiger partial charge in [-0.1, -0.05) is 12.1 Å². The van der Waals surface area contributed by atoms with Crippen LogP contribution in [0.3, 0.4) is 0 Å². The van der Waals surface area contributed by atoms with Crippen LogP contribution in [0.25, 0.3) is 11.2 Å². The Bertz CT molecular complexity index is 921. The molecule has 1 unspecified atom stereocenters. The number of aromatic nitrogens is 3. The van der Waals surface area contributed by atoms with Crippen molar-refractivity contribution in [3.63, 3.8) is 0 Å². The number of rotatable bonds is 5. The van der Waals surface area contributed by atoms with Gasteiger partial charge in [-0.15, -0.1) is 0 Å². The summed E-state index contributed by atoms with van der Waals surface area (Å²) in [6.45, 7) is 3.26. The van der Waals surface area contributed by atoms with E-state index in [9.17, 15) is 4.39 Å². The molecule has 1 aromatic carbocycles. The van der Waals surface area contributed by atoms with Crippen LogP contribution in [-0.2, 0) is 20.0 Å². The molecular weight excluding hydrogens is 327 g/mol. The molecule has 1 aliphatic heterocycles. The number of nitrogens with zero attached hydrogens (tertiary/aromatic N) is 4. The van der Waals surface area contributed by atoms with Crippen LogP contribution in [0.2, 0.25) is 0 Å². The molecule has 4 nitrogen and oxygen atoms in total. The lowest BCUT2D eigenvalue weighted by atomic mass is 10.1. The molecule has 0 N–H and O–H groups in total. The molecule has 0 amide bonds. The summed E-state index contributed by atoms with van der Waals surface area (Å²) < 4.78 is 15.2. The van der Waals surface area contributed by atoms with Gasteiger partial charge >= 0.3 is 0 Å². The Hall–Kier alpha value is -2.27. The zero-order valence-electron chi connectivity index (χ0n) is 15.0. The van der Waals surface area contributed by atoms with Crippen molar-refractivity contribution >= 4 is 11.2 Å². The van der Waals surface area contributed by atoms with Crippen LogP contribution >= 0.6 is 0 Å². The fourth-order valence-corrected chi connectivity index (χ4v) is 4.69. The fraction of sp³-hybridized carbons (Fsp3) is 0.429. The third-order valence-electron chi connectivity index (χ3n) is 6.24. The molecule has 1 aliphatic carbocycles. The van der Waals surface area contributed by atoms with Crippen LogP contribution in [0.1, 0.15) is 17.8 Å². The van der Waals surface area contributed by atoms with Gasteiger partial charge in [0.2, 0.25) is 0 Å². The second-order valence-electron chi connectivity index (χ2n) is 7.78. The van der Waals surface area contributed by atoms with Gasteiger partial charge in [-0.3, -0.25) is 4.90 Å². The number of likely N-dealkylation sites (tertiary alicyclic amines) is 1. The van der Waals surface area contributed by atoms with Crippen molar-refractivity contribution in [3.05, 3.63) is 59.8 Å². The van der Waals surface area contributed by atoms with E-state index in [0.717, 1.165) is 47.7 Å². The van der Waals surface area contributed by atoms with Crippen molar-refractivity contribution in [1.82, 2.24) is 19.4 Å². The molecule has 5 rings (SSSR count). The summed E-state index contributed by atoms with van der Waals surface area (Å²) in [7, 11) is 2.08. The van der Waals surface area contributed by atoms with E-state index in [2.05, 4.69) is 27.6 Å². The molecule has 0 radical (unpaired) electrons. The Morgan fingerprint density at radius 1 is 1.12 bits per heavy atom. The Kier molecular flexibility index (Phi) is 3.78. The molecule has 3 heterocycles. The molecule has 26 heavy (non-hydrogen) atoms. The Balaban J connectivity index is 1.16. The van der Waals surface area contributed by atoms with E-state index in [1.807, 2.05) is 18.2 Å². The van der Waals surface area contributed by atoms with Crippen molar-refractivity contribution in [1.29, 1.82) is 0 Å². The van der Waals surface area contributed by atoms with E-state index in [1.54, 1.807) is 18.3 Å². The number of imidazole rings is 1. The van der Waals surface area contributed by atoms with E-state index < -0.39 is 0 Å². The number of fused-ring (bicyclic) bond motifs is 2. The minimum atomic E-state index is -0.148. The van der Waals surface area contributed by atoms with Crippen LogP contribution in [0.5, 0.6) is 0 Å². The largest absolute Gasteiger partial charge is 0.329 e. The number of hydrogen-bond acceptors (Lipinski definition) is 3. The Morgan fingerprint density at radius 2 is 1.88 bits per heavy atom. The van der Waals surface area contributed by atoms with E-state index in [0.29, 0.717) is 0 Å². The maximum Gasteiger partial charge on any atom is 0.177 e. The molecule has 0 bridgehead atoms. The first-order valence-corrected chi connectivity index (χ1v) is 9.42. The van der Waals surface area contributed by atoms with Gasteiger partial charge in [-0.05, 0) is 60.4 Å². The lowest BCUT2D eigenvalue weighted by Gasteiger charge is -2.19. The van der Waals surface area contributed by atoms with Gasteiger partial charge < -0.3 is 4.57 Å². The standard InChI is InChI=1S/C21H23FN4/c1-25-19-3-2-10-23-21(19)24-20(25)13-26-11-17-16(18(17)12-26)9-6-14-4-7-15(22)8-5-14/h2-5,7-8,10,16-18H,6,9,11-13H2,1H3/t16?,17-,18+. The van der Waals surface area contributed by atoms with Crippen molar-refractivity contribution in [2.75, 3.05) is 13.1 Å². The van der Waals surface area contributed by atoms with Gasteiger partial charge in [0.25, 0.3) is 0 Å². The number of piperidine rings is 1. The maximum absolute atomic E-state index is 13.0. The average molecular weight is 350 g/mol. The molecule has 0 spiro atoms. The van der Waals surface area contributed by atoms with Crippen LogP contribution in [0.4, 0.5) is 4.39 Å². The van der Waals surface area contributed by atoms with E-state index >= 15 is 0 Å². The van der Waals surface area contributed by atoms with Crippen molar-refractivity contribution in [2.24, 2.45) is 24.8 Å². The second-order valence-corrected chi connectivity index (χ2v) is 7.78. The van der Waals surface area contributed by atoms with Crippen LogP contribution in [-0.4, -0.2) is 32.5 Å². The third kappa shape index (κ3) is 2.80. The highest BCUT2D eigenvalue weighted by molar-refractivity contribution is 5.71. The first-order valence-electron chi connectivity index (χ1n) is 9.42. The number of pyridine rings is 1. The topological polar surface area (TPSA) is 34.0 Å². The predicted molar refractivity (Wildman–Crippen MR) is 99.0 cm³/mol. The van der Waals surface area contributed by atoms with E-state index in [1.165, 1.54) is 25.1 Å². The van der Waals surface area contributed by atoms with Gasteiger partial charge in [0.05, 0.1) is 12.1 Å². The van der Waals surface area contributed by atoms with Gasteiger partial charge in [-0.2, -0.15) is 0 Å². The summed E-state index contributed by atoms with van der Waals surface area (Å²) in [5.41, 5.74) is 3.19. The summed E-state index contributed by atoms with van der Waals surface area (Å²) in [6, 6.07) is 11.0. The number of halogens is 1. The monoisotopic (exact) mass is 350 g/mol. The third-order valence-corrected chi connectivity index (χ3v) is 6.24. The zero-order valence-corrected chi connectivity index (χ0v) is 15.0. The summed E-state index contributed by atoms with van der Waals surface area (Å²) in [5, 5.41) is 0. The van der Waals surface area contributed by atoms with E-state index in [-0.39, 0.29) is 5.82 Å². The molecular formula is C21H23FN4. The lowest BCUT2D eigenvalue weighted by Crippen LogP contribution is -2.25. The van der Waals surface area contributed by atoms with Gasteiger partial charge in [0.15, 0.2) is 5.65 Å². The Morgan fingerprint density at radius 3 is 2.62 bits per heavy atom. The number of benzene rings is 1. The molecule has 1 saturated heterocycles. The maximum atomic E-state index is 13.0. The summed E-state index contributed by atoms with van der Waals surface area (Å²) in [4.78, 5) is 11.6. The summed E-state index contributed by atoms with van der Waals surface area (Å²) >= 11 is 0. The lowest BCUT2D eigenvalue weighted by molar-refractivity contribution is 0.266. The number of aryl methyl sites for hydroxylation is 2. The van der Waals surface area contributed by atoms with Crippen molar-refractivity contribution < 1.29 is 4.39 Å². The second kappa shape index (κ2) is 6.16. The fourth-order valence-electron chi connectivity index (χ4n) is 4.69. The first-order chi connectivity index (χ1) is 12.7. The highest BCUT2D eigenvalue weighted by Crippen LogP contribution is 2.54. The molecule has 3 aromatic rings. The minimum Gasteiger partial charge on any atom is -0.329 e. The van der Waals surface area contributed by atoms with Gasteiger partial charge in [-0.25, -0.2) is 14.4 Å². The molecule has 2 aromatic heterocycles. The van der Waals surface area contributed by atoms with Gasteiger partial charge in [0.1, 0.15) is 11.6 Å². The number of hydrogen-bond donors (Lipinski definition) is 0. The van der Waals surface area contributed by atoms with Crippen LogP contribution < -0.4 is 0 Å². The van der Waals surface area contributed by atoms with Gasteiger partial charge in [0, 0.05) is 26.3 Å².